The van der Waals surface area contributed by atoms with Crippen LogP contribution in [0.4, 0.5) is 0 Å². The molecule has 1 saturated heterocycles. The number of nitrogens with zero attached hydrogens (tertiary/aromatic N) is 3. The SMILES string of the molecule is Cc1ccc(C)c(S(=O)(=O)NC(CCn2cccc2C#N)C(=O)N2CC[C@H]3CCCC[C@@H]3C2)c1. The summed E-state index contributed by atoms with van der Waals surface area (Å²) < 4.78 is 31.2. The number of nitrogens with one attached hydrogen (secondary N) is 1. The highest BCUT2D eigenvalue weighted by molar-refractivity contribution is 7.89. The summed E-state index contributed by atoms with van der Waals surface area (Å²) in [5, 5.41) is 9.33. The molecule has 1 aliphatic carbocycles. The minimum Gasteiger partial charge on any atom is -0.341 e. The number of carbonyl (C=O) groups excluding carboxylic acids is 1. The number of sulfonamides is 1. The third kappa shape index (κ3) is 5.37. The Morgan fingerprint density at radius 3 is 2.71 bits per heavy atom. The zero-order valence-corrected chi connectivity index (χ0v) is 20.9. The van der Waals surface area contributed by atoms with E-state index >= 15 is 0 Å². The molecule has 1 amide bonds. The second-order valence-corrected chi connectivity index (χ2v) is 11.5. The number of aromatic nitrogens is 1. The van der Waals surface area contributed by atoms with Crippen molar-refractivity contribution in [3.63, 3.8) is 0 Å². The lowest BCUT2D eigenvalue weighted by Gasteiger charge is -2.42. The fraction of sp³-hybridized carbons (Fsp3) is 0.538. The van der Waals surface area contributed by atoms with Gasteiger partial charge in [0.2, 0.25) is 15.9 Å². The number of nitriles is 1. The number of fused-ring (bicyclic) bond motifs is 1. The van der Waals surface area contributed by atoms with Crippen LogP contribution in [0.2, 0.25) is 0 Å². The van der Waals surface area contributed by atoms with Crippen LogP contribution in [0.5, 0.6) is 0 Å². The molecule has 0 spiro atoms. The number of benzene rings is 1. The van der Waals surface area contributed by atoms with Gasteiger partial charge in [-0.25, -0.2) is 8.42 Å². The van der Waals surface area contributed by atoms with Crippen molar-refractivity contribution in [2.75, 3.05) is 13.1 Å². The Hall–Kier alpha value is -2.63. The first-order valence-corrected chi connectivity index (χ1v) is 13.7. The van der Waals surface area contributed by atoms with Crippen molar-refractivity contribution in [3.8, 4) is 6.07 Å². The van der Waals surface area contributed by atoms with Crippen LogP contribution in [-0.4, -0.2) is 42.9 Å². The molecule has 1 aromatic heterocycles. The van der Waals surface area contributed by atoms with Crippen LogP contribution in [-0.2, 0) is 21.4 Å². The Morgan fingerprint density at radius 2 is 1.94 bits per heavy atom. The molecule has 2 aliphatic rings. The molecule has 1 saturated carbocycles. The molecule has 34 heavy (non-hydrogen) atoms. The molecule has 2 aromatic rings. The number of carbonyl (C=O) groups is 1. The van der Waals surface area contributed by atoms with Gasteiger partial charge in [0.05, 0.1) is 4.90 Å². The van der Waals surface area contributed by atoms with E-state index in [4.69, 9.17) is 0 Å². The summed E-state index contributed by atoms with van der Waals surface area (Å²) in [5.74, 6) is 1.03. The first kappa shape index (κ1) is 24.5. The molecular weight excluding hydrogens is 448 g/mol. The number of amides is 1. The van der Waals surface area contributed by atoms with E-state index in [1.54, 1.807) is 42.0 Å². The highest BCUT2D eigenvalue weighted by atomic mass is 32.2. The summed E-state index contributed by atoms with van der Waals surface area (Å²) in [6.45, 7) is 5.37. The second kappa shape index (κ2) is 10.3. The Bertz CT molecular complexity index is 1180. The zero-order chi connectivity index (χ0) is 24.3. The Balaban J connectivity index is 1.56. The van der Waals surface area contributed by atoms with Gasteiger partial charge in [-0.1, -0.05) is 31.4 Å². The van der Waals surface area contributed by atoms with E-state index < -0.39 is 16.1 Å². The van der Waals surface area contributed by atoms with Crippen molar-refractivity contribution >= 4 is 15.9 Å². The van der Waals surface area contributed by atoms with Crippen molar-refractivity contribution in [3.05, 3.63) is 53.3 Å². The third-order valence-corrected chi connectivity index (χ3v) is 9.05. The third-order valence-electron chi connectivity index (χ3n) is 7.43. The largest absolute Gasteiger partial charge is 0.341 e. The highest BCUT2D eigenvalue weighted by Crippen LogP contribution is 2.36. The normalized spacial score (nSPS) is 21.5. The number of aryl methyl sites for hydroxylation is 3. The van der Waals surface area contributed by atoms with Crippen LogP contribution in [0.1, 0.15) is 55.3 Å². The van der Waals surface area contributed by atoms with Gasteiger partial charge in [0, 0.05) is 25.8 Å². The van der Waals surface area contributed by atoms with Crippen molar-refractivity contribution in [1.29, 1.82) is 5.26 Å². The van der Waals surface area contributed by atoms with Crippen molar-refractivity contribution < 1.29 is 13.2 Å². The number of hydrogen-bond acceptors (Lipinski definition) is 4. The fourth-order valence-corrected chi connectivity index (χ4v) is 7.03. The molecule has 2 heterocycles. The van der Waals surface area contributed by atoms with Crippen LogP contribution in [0.15, 0.2) is 41.4 Å². The van der Waals surface area contributed by atoms with Crippen molar-refractivity contribution in [2.45, 2.75) is 69.9 Å². The lowest BCUT2D eigenvalue weighted by Crippen LogP contribution is -2.53. The van der Waals surface area contributed by atoms with Gasteiger partial charge in [0.25, 0.3) is 0 Å². The lowest BCUT2D eigenvalue weighted by atomic mass is 9.75. The second-order valence-electron chi connectivity index (χ2n) is 9.81. The minimum absolute atomic E-state index is 0.163. The van der Waals surface area contributed by atoms with E-state index in [1.165, 1.54) is 19.3 Å². The molecule has 2 fully saturated rings. The van der Waals surface area contributed by atoms with E-state index in [1.807, 2.05) is 17.9 Å². The van der Waals surface area contributed by atoms with Crippen LogP contribution < -0.4 is 4.72 Å². The lowest BCUT2D eigenvalue weighted by molar-refractivity contribution is -0.136. The molecule has 1 aliphatic heterocycles. The smallest absolute Gasteiger partial charge is 0.241 e. The summed E-state index contributed by atoms with van der Waals surface area (Å²) in [6, 6.07) is 10.1. The monoisotopic (exact) mass is 482 g/mol. The van der Waals surface area contributed by atoms with Crippen LogP contribution in [0.3, 0.4) is 0 Å². The molecule has 1 N–H and O–H groups in total. The molecule has 4 rings (SSSR count). The molecule has 1 unspecified atom stereocenters. The number of hydrogen-bond donors (Lipinski definition) is 1. The predicted octanol–water partition coefficient (Wildman–Crippen LogP) is 3.75. The van der Waals surface area contributed by atoms with E-state index in [-0.39, 0.29) is 17.2 Å². The maximum atomic E-state index is 13.7. The summed E-state index contributed by atoms with van der Waals surface area (Å²) in [4.78, 5) is 15.7. The van der Waals surface area contributed by atoms with E-state index in [0.717, 1.165) is 18.4 Å². The van der Waals surface area contributed by atoms with Gasteiger partial charge in [-0.3, -0.25) is 4.79 Å². The number of piperidine rings is 1. The molecule has 0 bridgehead atoms. The van der Waals surface area contributed by atoms with E-state index in [2.05, 4.69) is 10.8 Å². The Kier molecular flexibility index (Phi) is 7.44. The standard InChI is InChI=1S/C26H34N4O3S/c1-19-9-10-20(2)25(16-19)34(32,33)28-24(12-15-29-13-5-8-23(29)17-27)26(31)30-14-11-21-6-3-4-7-22(21)18-30/h5,8-10,13,16,21-22,24,28H,3-4,6-7,11-12,14-15,18H2,1-2H3/t21-,22-,24?/m1/s1. The van der Waals surface area contributed by atoms with Crippen LogP contribution in [0, 0.1) is 37.0 Å². The summed E-state index contributed by atoms with van der Waals surface area (Å²) >= 11 is 0. The summed E-state index contributed by atoms with van der Waals surface area (Å²) in [7, 11) is -3.90. The van der Waals surface area contributed by atoms with E-state index in [9.17, 15) is 18.5 Å². The van der Waals surface area contributed by atoms with E-state index in [0.29, 0.717) is 42.7 Å². The van der Waals surface area contributed by atoms with Crippen molar-refractivity contribution in [2.24, 2.45) is 11.8 Å². The Morgan fingerprint density at radius 1 is 1.18 bits per heavy atom. The molecule has 7 nitrogen and oxygen atoms in total. The zero-order valence-electron chi connectivity index (χ0n) is 20.0. The predicted molar refractivity (Wildman–Crippen MR) is 130 cm³/mol. The highest BCUT2D eigenvalue weighted by Gasteiger charge is 2.36. The summed E-state index contributed by atoms with van der Waals surface area (Å²) in [5.41, 5.74) is 1.98. The molecule has 8 heteroatoms. The first-order chi connectivity index (χ1) is 16.3. The minimum atomic E-state index is -3.90. The number of rotatable bonds is 7. The van der Waals surface area contributed by atoms with Crippen LogP contribution >= 0.6 is 0 Å². The van der Waals surface area contributed by atoms with Gasteiger partial charge in [-0.2, -0.15) is 9.98 Å². The number of likely N-dealkylation sites (tertiary alicyclic amines) is 1. The molecule has 0 radical (unpaired) electrons. The van der Waals surface area contributed by atoms with Crippen LogP contribution in [0.25, 0.3) is 0 Å². The fourth-order valence-electron chi connectivity index (χ4n) is 5.48. The topological polar surface area (TPSA) is 95.2 Å². The van der Waals surface area contributed by atoms with Gasteiger partial charge in [0.15, 0.2) is 0 Å². The average molecular weight is 483 g/mol. The van der Waals surface area contributed by atoms with Gasteiger partial charge in [-0.15, -0.1) is 0 Å². The molecule has 3 atom stereocenters. The van der Waals surface area contributed by atoms with Gasteiger partial charge in [0.1, 0.15) is 17.8 Å². The van der Waals surface area contributed by atoms with Crippen molar-refractivity contribution in [1.82, 2.24) is 14.2 Å². The molecule has 182 valence electrons. The van der Waals surface area contributed by atoms with Gasteiger partial charge < -0.3 is 9.47 Å². The first-order valence-electron chi connectivity index (χ1n) is 12.2. The molecular formula is C26H34N4O3S. The average Bonchev–Trinajstić information content (AvgIpc) is 3.30. The summed E-state index contributed by atoms with van der Waals surface area (Å²) in [6.07, 6.45) is 7.90. The Labute approximate surface area is 202 Å². The maximum absolute atomic E-state index is 13.7. The molecule has 1 aromatic carbocycles. The van der Waals surface area contributed by atoms with Gasteiger partial charge >= 0.3 is 0 Å². The van der Waals surface area contributed by atoms with Gasteiger partial charge in [-0.05, 0) is 74.3 Å². The maximum Gasteiger partial charge on any atom is 0.241 e. The quantitative estimate of drug-likeness (QED) is 0.650.